The van der Waals surface area contributed by atoms with Crippen molar-refractivity contribution >= 4 is 21.2 Å². The molecule has 2 aromatic carbocycles. The van der Waals surface area contributed by atoms with Crippen LogP contribution in [0.15, 0.2) is 65.3 Å². The number of carbonyl (C=O) groups excluding carboxylic acids is 1. The lowest BCUT2D eigenvalue weighted by molar-refractivity contribution is -0.116. The Morgan fingerprint density at radius 3 is 2.17 bits per heavy atom. The Bertz CT molecular complexity index is 863. The summed E-state index contributed by atoms with van der Waals surface area (Å²) in [4.78, 5) is 12.4. The summed E-state index contributed by atoms with van der Waals surface area (Å²) >= 11 is 0. The average molecular weight is 328 g/mol. The van der Waals surface area contributed by atoms with Crippen LogP contribution < -0.4 is 4.74 Å². The maximum absolute atomic E-state index is 12.1. The number of allylic oxidation sites excluding steroid dienone is 2. The van der Waals surface area contributed by atoms with Gasteiger partial charge in [-0.1, -0.05) is 30.3 Å². The second-order valence-corrected chi connectivity index (χ2v) is 7.46. The van der Waals surface area contributed by atoms with E-state index in [1.807, 2.05) is 18.2 Å². The van der Waals surface area contributed by atoms with Gasteiger partial charge in [0, 0.05) is 18.2 Å². The summed E-state index contributed by atoms with van der Waals surface area (Å²) < 4.78 is 28.8. The van der Waals surface area contributed by atoms with E-state index in [0.29, 0.717) is 24.4 Å². The van der Waals surface area contributed by atoms with E-state index in [4.69, 9.17) is 4.74 Å². The Morgan fingerprint density at radius 1 is 0.913 bits per heavy atom. The molecular weight excluding hydrogens is 312 g/mol. The summed E-state index contributed by atoms with van der Waals surface area (Å²) in [6.45, 7) is 0. The van der Waals surface area contributed by atoms with E-state index < -0.39 is 9.84 Å². The van der Waals surface area contributed by atoms with E-state index in [1.54, 1.807) is 36.4 Å². The topological polar surface area (TPSA) is 60.4 Å². The molecule has 118 valence electrons. The molecule has 2 aromatic rings. The van der Waals surface area contributed by atoms with Gasteiger partial charge in [0.1, 0.15) is 5.75 Å². The van der Waals surface area contributed by atoms with Gasteiger partial charge in [0.15, 0.2) is 21.4 Å². The molecule has 0 unspecified atom stereocenters. The number of ether oxygens (including phenoxy) is 1. The summed E-state index contributed by atoms with van der Waals surface area (Å²) in [5, 5.41) is 0. The summed E-state index contributed by atoms with van der Waals surface area (Å²) in [5.74, 6) is 0.933. The fourth-order valence-electron chi connectivity index (χ4n) is 2.54. The van der Waals surface area contributed by atoms with Gasteiger partial charge < -0.3 is 4.74 Å². The highest BCUT2D eigenvalue weighted by Crippen LogP contribution is 2.33. The molecule has 1 aliphatic rings. The SMILES string of the molecule is CS(=O)(=O)c1ccc(C2=C(Oc3ccccc3)C(=O)CC2)cc1. The smallest absolute Gasteiger partial charge is 0.198 e. The van der Waals surface area contributed by atoms with Crippen LogP contribution in [0.1, 0.15) is 18.4 Å². The third-order valence-corrected chi connectivity index (χ3v) is 4.85. The molecule has 0 heterocycles. The second kappa shape index (κ2) is 6.01. The molecule has 1 aliphatic carbocycles. The van der Waals surface area contributed by atoms with Crippen molar-refractivity contribution in [2.75, 3.05) is 6.26 Å². The number of hydrogen-bond donors (Lipinski definition) is 0. The van der Waals surface area contributed by atoms with Crippen LogP contribution in [0.4, 0.5) is 0 Å². The quantitative estimate of drug-likeness (QED) is 0.864. The van der Waals surface area contributed by atoms with Crippen LogP contribution in [-0.4, -0.2) is 20.5 Å². The first-order valence-electron chi connectivity index (χ1n) is 7.25. The van der Waals surface area contributed by atoms with Crippen LogP contribution in [0, 0.1) is 0 Å². The minimum atomic E-state index is -3.23. The lowest BCUT2D eigenvalue weighted by Crippen LogP contribution is -2.04. The minimum Gasteiger partial charge on any atom is -0.453 e. The maximum atomic E-state index is 12.1. The number of sulfone groups is 1. The van der Waals surface area contributed by atoms with Crippen molar-refractivity contribution in [3.8, 4) is 5.75 Å². The second-order valence-electron chi connectivity index (χ2n) is 5.44. The molecule has 0 aromatic heterocycles. The van der Waals surface area contributed by atoms with Crippen molar-refractivity contribution in [1.82, 2.24) is 0 Å². The standard InChI is InChI=1S/C18H16O4S/c1-23(20,21)15-9-7-13(8-10-15)16-11-12-17(19)18(16)22-14-5-3-2-4-6-14/h2-10H,11-12H2,1H3. The molecule has 4 nitrogen and oxygen atoms in total. The molecule has 0 radical (unpaired) electrons. The molecule has 5 heteroatoms. The first-order valence-corrected chi connectivity index (χ1v) is 9.14. The van der Waals surface area contributed by atoms with Gasteiger partial charge in [-0.05, 0) is 36.2 Å². The predicted octanol–water partition coefficient (Wildman–Crippen LogP) is 3.24. The zero-order valence-corrected chi connectivity index (χ0v) is 13.5. The van der Waals surface area contributed by atoms with E-state index in [-0.39, 0.29) is 10.7 Å². The van der Waals surface area contributed by atoms with E-state index in [9.17, 15) is 13.2 Å². The van der Waals surface area contributed by atoms with Crippen molar-refractivity contribution < 1.29 is 17.9 Å². The minimum absolute atomic E-state index is 0.0314. The van der Waals surface area contributed by atoms with Crippen LogP contribution in [0.2, 0.25) is 0 Å². The fourth-order valence-corrected chi connectivity index (χ4v) is 3.17. The lowest BCUT2D eigenvalue weighted by atomic mass is 10.1. The van der Waals surface area contributed by atoms with Crippen molar-refractivity contribution in [2.45, 2.75) is 17.7 Å². The maximum Gasteiger partial charge on any atom is 0.198 e. The Kier molecular flexibility index (Phi) is 4.05. The molecule has 23 heavy (non-hydrogen) atoms. The molecule has 0 atom stereocenters. The van der Waals surface area contributed by atoms with Gasteiger partial charge in [-0.15, -0.1) is 0 Å². The van der Waals surface area contributed by atoms with Crippen LogP contribution in [0.25, 0.3) is 5.57 Å². The molecule has 0 saturated carbocycles. The largest absolute Gasteiger partial charge is 0.453 e. The summed E-state index contributed by atoms with van der Waals surface area (Å²) in [6, 6.07) is 15.7. The number of rotatable bonds is 4. The molecule has 0 spiro atoms. The molecular formula is C18H16O4S. The Balaban J connectivity index is 1.97. The summed E-state index contributed by atoms with van der Waals surface area (Å²) in [5.41, 5.74) is 1.63. The third kappa shape index (κ3) is 3.35. The number of hydrogen-bond acceptors (Lipinski definition) is 4. The van der Waals surface area contributed by atoms with Crippen LogP contribution in [0.5, 0.6) is 5.75 Å². The van der Waals surface area contributed by atoms with Crippen molar-refractivity contribution in [2.24, 2.45) is 0 Å². The highest BCUT2D eigenvalue weighted by atomic mass is 32.2. The van der Waals surface area contributed by atoms with Gasteiger partial charge in [0.2, 0.25) is 0 Å². The zero-order valence-electron chi connectivity index (χ0n) is 12.7. The lowest BCUT2D eigenvalue weighted by Gasteiger charge is -2.09. The molecule has 3 rings (SSSR count). The monoisotopic (exact) mass is 328 g/mol. The summed E-state index contributed by atoms with van der Waals surface area (Å²) in [6.07, 6.45) is 2.18. The van der Waals surface area contributed by atoms with Gasteiger partial charge in [0.05, 0.1) is 4.90 Å². The normalized spacial score (nSPS) is 15.1. The molecule has 0 bridgehead atoms. The van der Waals surface area contributed by atoms with E-state index in [0.717, 1.165) is 11.1 Å². The highest BCUT2D eigenvalue weighted by molar-refractivity contribution is 7.90. The van der Waals surface area contributed by atoms with Gasteiger partial charge >= 0.3 is 0 Å². The third-order valence-electron chi connectivity index (χ3n) is 3.72. The Morgan fingerprint density at radius 2 is 1.57 bits per heavy atom. The van der Waals surface area contributed by atoms with Gasteiger partial charge in [-0.2, -0.15) is 0 Å². The van der Waals surface area contributed by atoms with Gasteiger partial charge in [-0.3, -0.25) is 4.79 Å². The van der Waals surface area contributed by atoms with Gasteiger partial charge in [0.25, 0.3) is 0 Å². The van der Waals surface area contributed by atoms with Crippen LogP contribution in [-0.2, 0) is 14.6 Å². The number of Topliss-reactive ketones (excluding diaryl/α,β-unsaturated/α-hetero) is 1. The Labute approximate surface area is 135 Å². The van der Waals surface area contributed by atoms with E-state index in [2.05, 4.69) is 0 Å². The number of benzene rings is 2. The molecule has 0 N–H and O–H groups in total. The first-order chi connectivity index (χ1) is 10.9. The van der Waals surface area contributed by atoms with Gasteiger partial charge in [-0.25, -0.2) is 8.42 Å². The van der Waals surface area contributed by atoms with Crippen molar-refractivity contribution in [3.63, 3.8) is 0 Å². The first kappa shape index (κ1) is 15.5. The van der Waals surface area contributed by atoms with E-state index in [1.165, 1.54) is 6.26 Å². The molecule has 0 amide bonds. The van der Waals surface area contributed by atoms with Crippen LogP contribution in [0.3, 0.4) is 0 Å². The average Bonchev–Trinajstić information content (AvgIpc) is 2.89. The van der Waals surface area contributed by atoms with Crippen molar-refractivity contribution in [1.29, 1.82) is 0 Å². The highest BCUT2D eigenvalue weighted by Gasteiger charge is 2.26. The number of para-hydroxylation sites is 1. The number of ketones is 1. The van der Waals surface area contributed by atoms with Crippen LogP contribution >= 0.6 is 0 Å². The summed E-state index contributed by atoms with van der Waals surface area (Å²) in [7, 11) is -3.23. The zero-order chi connectivity index (χ0) is 16.4. The molecule has 0 fully saturated rings. The molecule has 0 saturated heterocycles. The molecule has 0 aliphatic heterocycles. The Hall–Kier alpha value is -2.40. The fraction of sp³-hybridized carbons (Fsp3) is 0.167. The predicted molar refractivity (Wildman–Crippen MR) is 87.8 cm³/mol. The number of carbonyl (C=O) groups is 1. The van der Waals surface area contributed by atoms with Crippen molar-refractivity contribution in [3.05, 3.63) is 65.9 Å². The van der Waals surface area contributed by atoms with E-state index >= 15 is 0 Å².